The summed E-state index contributed by atoms with van der Waals surface area (Å²) in [7, 11) is 0. The van der Waals surface area contributed by atoms with Crippen LogP contribution in [-0.2, 0) is 9.53 Å². The summed E-state index contributed by atoms with van der Waals surface area (Å²) in [4.78, 5) is 15.0. The monoisotopic (exact) mass is 435 g/mol. The Balaban J connectivity index is 1.59. The summed E-state index contributed by atoms with van der Waals surface area (Å²) in [5.41, 5.74) is 2.00. The lowest BCUT2D eigenvalue weighted by Gasteiger charge is -2.35. The highest BCUT2D eigenvalue weighted by Gasteiger charge is 2.22. The number of carbonyl (C=O) groups is 1. The number of ether oxygens (including phenoxy) is 2. The minimum Gasteiger partial charge on any atom is -0.487 e. The SMILES string of the molecule is CCO/C(=C/c1cccc2cc(OC(C)N3CCSc4ccccc43)ccc12)C(=O)O. The van der Waals surface area contributed by atoms with Gasteiger partial charge in [-0.1, -0.05) is 36.4 Å². The molecule has 0 bridgehead atoms. The van der Waals surface area contributed by atoms with E-state index in [9.17, 15) is 9.90 Å². The van der Waals surface area contributed by atoms with Gasteiger partial charge < -0.3 is 19.5 Å². The van der Waals surface area contributed by atoms with E-state index in [1.807, 2.05) is 48.2 Å². The fraction of sp³-hybridized carbons (Fsp3) is 0.240. The van der Waals surface area contributed by atoms with Gasteiger partial charge >= 0.3 is 5.97 Å². The molecule has 0 aromatic heterocycles. The van der Waals surface area contributed by atoms with Gasteiger partial charge in [0.25, 0.3) is 0 Å². The third kappa shape index (κ3) is 4.64. The summed E-state index contributed by atoms with van der Waals surface area (Å²) in [6.07, 6.45) is 1.46. The van der Waals surface area contributed by atoms with Crippen LogP contribution < -0.4 is 9.64 Å². The number of anilines is 1. The molecule has 3 aromatic rings. The molecule has 4 rings (SSSR count). The highest BCUT2D eigenvalue weighted by atomic mass is 32.2. The highest BCUT2D eigenvalue weighted by Crippen LogP contribution is 2.36. The third-order valence-electron chi connectivity index (χ3n) is 5.19. The second-order valence-electron chi connectivity index (χ2n) is 7.20. The molecule has 1 atom stereocenters. The van der Waals surface area contributed by atoms with Crippen molar-refractivity contribution in [1.29, 1.82) is 0 Å². The molecule has 31 heavy (non-hydrogen) atoms. The largest absolute Gasteiger partial charge is 0.487 e. The summed E-state index contributed by atoms with van der Waals surface area (Å²) in [5, 5.41) is 11.3. The zero-order chi connectivity index (χ0) is 21.8. The Morgan fingerprint density at radius 1 is 1.19 bits per heavy atom. The second kappa shape index (κ2) is 9.35. The first kappa shape index (κ1) is 21.1. The van der Waals surface area contributed by atoms with Gasteiger partial charge in [0.15, 0.2) is 6.23 Å². The van der Waals surface area contributed by atoms with E-state index in [0.29, 0.717) is 6.61 Å². The molecule has 0 spiro atoms. The smallest absolute Gasteiger partial charge is 0.371 e. The number of benzene rings is 3. The van der Waals surface area contributed by atoms with E-state index < -0.39 is 5.97 Å². The topological polar surface area (TPSA) is 59.0 Å². The first-order valence-electron chi connectivity index (χ1n) is 10.3. The van der Waals surface area contributed by atoms with Crippen LogP contribution in [0.25, 0.3) is 16.8 Å². The summed E-state index contributed by atoms with van der Waals surface area (Å²) in [5.74, 6) is 0.669. The molecule has 0 saturated carbocycles. The zero-order valence-corrected chi connectivity index (χ0v) is 18.4. The number of para-hydroxylation sites is 1. The van der Waals surface area contributed by atoms with Gasteiger partial charge in [0.05, 0.1) is 12.3 Å². The van der Waals surface area contributed by atoms with Gasteiger partial charge in [-0.05, 0) is 60.5 Å². The Morgan fingerprint density at radius 3 is 2.84 bits per heavy atom. The standard InChI is InChI=1S/C25H25NO4S/c1-3-29-23(25(27)28)16-19-8-6-7-18-15-20(11-12-21(18)19)30-17(2)26-13-14-31-24-10-5-4-9-22(24)26/h4-12,15-17H,3,13-14H2,1-2H3,(H,27,28)/b23-16+. The Labute approximate surface area is 186 Å². The maximum atomic E-state index is 11.4. The van der Waals surface area contributed by atoms with Crippen LogP contribution in [0.2, 0.25) is 0 Å². The molecular weight excluding hydrogens is 410 g/mol. The number of aliphatic carboxylic acids is 1. The molecule has 0 saturated heterocycles. The van der Waals surface area contributed by atoms with Gasteiger partial charge in [0.2, 0.25) is 5.76 Å². The molecule has 160 valence electrons. The molecule has 1 unspecified atom stereocenters. The van der Waals surface area contributed by atoms with E-state index in [0.717, 1.165) is 34.4 Å². The molecule has 6 heteroatoms. The van der Waals surface area contributed by atoms with Gasteiger partial charge in [-0.15, -0.1) is 11.8 Å². The van der Waals surface area contributed by atoms with Gasteiger partial charge in [0.1, 0.15) is 5.75 Å². The fourth-order valence-electron chi connectivity index (χ4n) is 3.78. The Bertz CT molecular complexity index is 1130. The van der Waals surface area contributed by atoms with Crippen molar-refractivity contribution in [3.8, 4) is 5.75 Å². The van der Waals surface area contributed by atoms with Crippen molar-refractivity contribution in [2.24, 2.45) is 0 Å². The Kier molecular flexibility index (Phi) is 6.37. The van der Waals surface area contributed by atoms with Crippen molar-refractivity contribution in [1.82, 2.24) is 0 Å². The number of carboxylic acids is 1. The van der Waals surface area contributed by atoms with E-state index in [1.54, 1.807) is 13.0 Å². The molecule has 1 aliphatic rings. The maximum Gasteiger partial charge on any atom is 0.371 e. The van der Waals surface area contributed by atoms with Crippen LogP contribution in [-0.4, -0.2) is 36.2 Å². The van der Waals surface area contributed by atoms with E-state index in [-0.39, 0.29) is 12.0 Å². The third-order valence-corrected chi connectivity index (χ3v) is 6.24. The summed E-state index contributed by atoms with van der Waals surface area (Å²) < 4.78 is 11.6. The van der Waals surface area contributed by atoms with Gasteiger partial charge in [-0.25, -0.2) is 4.79 Å². The average molecular weight is 436 g/mol. The predicted octanol–water partition coefficient (Wildman–Crippen LogP) is 5.64. The van der Waals surface area contributed by atoms with Crippen LogP contribution in [0.15, 0.2) is 71.3 Å². The predicted molar refractivity (Wildman–Crippen MR) is 126 cm³/mol. The van der Waals surface area contributed by atoms with Crippen molar-refractivity contribution in [2.45, 2.75) is 25.0 Å². The highest BCUT2D eigenvalue weighted by molar-refractivity contribution is 7.99. The van der Waals surface area contributed by atoms with Gasteiger partial charge in [-0.3, -0.25) is 0 Å². The summed E-state index contributed by atoms with van der Waals surface area (Å²) in [6, 6.07) is 20.1. The second-order valence-corrected chi connectivity index (χ2v) is 8.34. The Hall–Kier alpha value is -3.12. The van der Waals surface area contributed by atoms with Crippen LogP contribution >= 0.6 is 11.8 Å². The summed E-state index contributed by atoms with van der Waals surface area (Å²) in [6.45, 7) is 5.07. The van der Waals surface area contributed by atoms with Crippen LogP contribution in [0, 0.1) is 0 Å². The molecule has 3 aromatic carbocycles. The number of nitrogens with zero attached hydrogens (tertiary/aromatic N) is 1. The first-order chi connectivity index (χ1) is 15.1. The van der Waals surface area contributed by atoms with E-state index in [1.165, 1.54) is 10.6 Å². The van der Waals surface area contributed by atoms with Crippen molar-refractivity contribution < 1.29 is 19.4 Å². The molecule has 0 radical (unpaired) electrons. The first-order valence-corrected chi connectivity index (χ1v) is 11.3. The number of carboxylic acid groups (broad SMARTS) is 1. The van der Waals surface area contributed by atoms with Crippen molar-refractivity contribution >= 4 is 40.3 Å². The fourth-order valence-corrected chi connectivity index (χ4v) is 4.79. The van der Waals surface area contributed by atoms with Crippen LogP contribution in [0.1, 0.15) is 19.4 Å². The molecular formula is C25H25NO4S. The lowest BCUT2D eigenvalue weighted by Crippen LogP contribution is -2.40. The average Bonchev–Trinajstić information content (AvgIpc) is 2.78. The van der Waals surface area contributed by atoms with Crippen LogP contribution in [0.3, 0.4) is 0 Å². The van der Waals surface area contributed by atoms with Crippen LogP contribution in [0.5, 0.6) is 5.75 Å². The number of hydrogen-bond donors (Lipinski definition) is 1. The number of thioether (sulfide) groups is 1. The van der Waals surface area contributed by atoms with Crippen LogP contribution in [0.4, 0.5) is 5.69 Å². The molecule has 1 aliphatic heterocycles. The molecule has 1 heterocycles. The van der Waals surface area contributed by atoms with Gasteiger partial charge in [0, 0.05) is 17.2 Å². The molecule has 0 aliphatic carbocycles. The van der Waals surface area contributed by atoms with Crippen molar-refractivity contribution in [3.05, 3.63) is 72.0 Å². The van der Waals surface area contributed by atoms with Crippen molar-refractivity contribution in [3.63, 3.8) is 0 Å². The van der Waals surface area contributed by atoms with Gasteiger partial charge in [-0.2, -0.15) is 0 Å². The lowest BCUT2D eigenvalue weighted by atomic mass is 10.0. The number of rotatable bonds is 7. The number of fused-ring (bicyclic) bond motifs is 2. The lowest BCUT2D eigenvalue weighted by molar-refractivity contribution is -0.136. The quantitative estimate of drug-likeness (QED) is 0.383. The molecule has 5 nitrogen and oxygen atoms in total. The molecule has 0 amide bonds. The molecule has 0 fully saturated rings. The van der Waals surface area contributed by atoms with E-state index in [2.05, 4.69) is 36.1 Å². The Morgan fingerprint density at radius 2 is 2.03 bits per heavy atom. The maximum absolute atomic E-state index is 11.4. The summed E-state index contributed by atoms with van der Waals surface area (Å²) >= 11 is 1.88. The number of hydrogen-bond acceptors (Lipinski definition) is 5. The minimum absolute atomic E-state index is 0.0643. The molecule has 1 N–H and O–H groups in total. The zero-order valence-electron chi connectivity index (χ0n) is 17.6. The van der Waals surface area contributed by atoms with E-state index >= 15 is 0 Å². The minimum atomic E-state index is -1.08. The normalized spacial score (nSPS) is 14.8. The van der Waals surface area contributed by atoms with E-state index in [4.69, 9.17) is 9.47 Å². The van der Waals surface area contributed by atoms with Crippen molar-refractivity contribution in [2.75, 3.05) is 23.8 Å².